The average Bonchev–Trinajstić information content (AvgIpc) is 2.91. The standard InChI is InChI=1S/C15H22ClN3O2/c1-9(19-6-5-11(8-19)10(2)20)15(21)18-14-7-12(16)3-4-13(14)17/h3-4,7,9-11,20H,5-6,8,17H2,1-2H3,(H,18,21). The number of nitrogens with two attached hydrogens (primary N) is 1. The topological polar surface area (TPSA) is 78.6 Å². The second-order valence-corrected chi connectivity index (χ2v) is 6.12. The van der Waals surface area contributed by atoms with Crippen molar-refractivity contribution in [2.75, 3.05) is 24.1 Å². The van der Waals surface area contributed by atoms with Gasteiger partial charge in [-0.25, -0.2) is 0 Å². The van der Waals surface area contributed by atoms with Crippen LogP contribution in [-0.2, 0) is 4.79 Å². The molecule has 0 bridgehead atoms. The number of benzene rings is 1. The molecule has 3 unspecified atom stereocenters. The molecule has 2 rings (SSSR count). The molecule has 1 aromatic carbocycles. The second kappa shape index (κ2) is 6.64. The summed E-state index contributed by atoms with van der Waals surface area (Å²) in [7, 11) is 0. The van der Waals surface area contributed by atoms with Crippen molar-refractivity contribution in [1.29, 1.82) is 0 Å². The van der Waals surface area contributed by atoms with Crippen molar-refractivity contribution in [3.63, 3.8) is 0 Å². The number of rotatable bonds is 4. The third kappa shape index (κ3) is 3.87. The molecule has 0 aliphatic carbocycles. The third-order valence-corrected chi connectivity index (χ3v) is 4.37. The van der Waals surface area contributed by atoms with Gasteiger partial charge in [0.25, 0.3) is 0 Å². The summed E-state index contributed by atoms with van der Waals surface area (Å²) in [6.45, 7) is 5.21. The van der Waals surface area contributed by atoms with Crippen LogP contribution < -0.4 is 11.1 Å². The Morgan fingerprint density at radius 2 is 2.24 bits per heavy atom. The van der Waals surface area contributed by atoms with Gasteiger partial charge < -0.3 is 16.2 Å². The van der Waals surface area contributed by atoms with Gasteiger partial charge in [-0.3, -0.25) is 9.69 Å². The molecule has 116 valence electrons. The lowest BCUT2D eigenvalue weighted by Gasteiger charge is -2.24. The molecule has 1 saturated heterocycles. The molecule has 4 N–H and O–H groups in total. The minimum Gasteiger partial charge on any atom is -0.397 e. The molecular formula is C15H22ClN3O2. The smallest absolute Gasteiger partial charge is 0.241 e. The number of amides is 1. The minimum absolute atomic E-state index is 0.116. The molecule has 21 heavy (non-hydrogen) atoms. The predicted octanol–water partition coefficient (Wildman–Crippen LogP) is 1.95. The van der Waals surface area contributed by atoms with Crippen LogP contribution in [0, 0.1) is 5.92 Å². The van der Waals surface area contributed by atoms with Crippen LogP contribution in [0.3, 0.4) is 0 Å². The summed E-state index contributed by atoms with van der Waals surface area (Å²) < 4.78 is 0. The Morgan fingerprint density at radius 3 is 2.86 bits per heavy atom. The van der Waals surface area contributed by atoms with E-state index in [2.05, 4.69) is 10.2 Å². The Bertz CT molecular complexity index is 522. The van der Waals surface area contributed by atoms with E-state index < -0.39 is 0 Å². The number of hydrogen-bond donors (Lipinski definition) is 3. The van der Waals surface area contributed by atoms with Crippen molar-refractivity contribution in [3.8, 4) is 0 Å². The van der Waals surface area contributed by atoms with Crippen molar-refractivity contribution < 1.29 is 9.90 Å². The lowest BCUT2D eigenvalue weighted by Crippen LogP contribution is -2.41. The first-order valence-electron chi connectivity index (χ1n) is 7.16. The third-order valence-electron chi connectivity index (χ3n) is 4.14. The normalized spacial score (nSPS) is 22.0. The number of carbonyl (C=O) groups excluding carboxylic acids is 1. The molecule has 6 heteroatoms. The maximum atomic E-state index is 12.3. The first-order chi connectivity index (χ1) is 9.88. The van der Waals surface area contributed by atoms with Gasteiger partial charge >= 0.3 is 0 Å². The zero-order valence-electron chi connectivity index (χ0n) is 12.3. The van der Waals surface area contributed by atoms with Gasteiger partial charge in [-0.1, -0.05) is 11.6 Å². The van der Waals surface area contributed by atoms with E-state index in [0.29, 0.717) is 16.4 Å². The fourth-order valence-electron chi connectivity index (χ4n) is 2.60. The number of hydrogen-bond acceptors (Lipinski definition) is 4. The maximum Gasteiger partial charge on any atom is 0.241 e. The van der Waals surface area contributed by atoms with E-state index in [-0.39, 0.29) is 24.0 Å². The fourth-order valence-corrected chi connectivity index (χ4v) is 2.77. The van der Waals surface area contributed by atoms with E-state index in [1.165, 1.54) is 0 Å². The number of nitrogen functional groups attached to an aromatic ring is 1. The van der Waals surface area contributed by atoms with E-state index in [4.69, 9.17) is 17.3 Å². The fraction of sp³-hybridized carbons (Fsp3) is 0.533. The SMILES string of the molecule is CC(O)C1CCN(C(C)C(=O)Nc2cc(Cl)ccc2N)C1. The van der Waals surface area contributed by atoms with Crippen molar-refractivity contribution in [1.82, 2.24) is 4.90 Å². The highest BCUT2D eigenvalue weighted by atomic mass is 35.5. The first kappa shape index (κ1) is 16.1. The number of carbonyl (C=O) groups is 1. The van der Waals surface area contributed by atoms with Crippen LogP contribution in [0.5, 0.6) is 0 Å². The number of halogens is 1. The van der Waals surface area contributed by atoms with E-state index in [0.717, 1.165) is 19.5 Å². The predicted molar refractivity (Wildman–Crippen MR) is 85.3 cm³/mol. The van der Waals surface area contributed by atoms with Crippen molar-refractivity contribution in [3.05, 3.63) is 23.2 Å². The molecule has 5 nitrogen and oxygen atoms in total. The van der Waals surface area contributed by atoms with Gasteiger partial charge in [0.15, 0.2) is 0 Å². The van der Waals surface area contributed by atoms with Gasteiger partial charge in [0.2, 0.25) is 5.91 Å². The van der Waals surface area contributed by atoms with Gasteiger partial charge in [-0.2, -0.15) is 0 Å². The minimum atomic E-state index is -0.339. The van der Waals surface area contributed by atoms with Gasteiger partial charge in [0.05, 0.1) is 23.5 Å². The number of likely N-dealkylation sites (tertiary alicyclic amines) is 1. The van der Waals surface area contributed by atoms with Crippen LogP contribution in [0.15, 0.2) is 18.2 Å². The summed E-state index contributed by atoms with van der Waals surface area (Å²) in [5, 5.41) is 13.0. The number of nitrogens with zero attached hydrogens (tertiary/aromatic N) is 1. The Morgan fingerprint density at radius 1 is 1.52 bits per heavy atom. The van der Waals surface area contributed by atoms with Crippen LogP contribution in [-0.4, -0.2) is 41.1 Å². The number of nitrogens with one attached hydrogen (secondary N) is 1. The monoisotopic (exact) mass is 311 g/mol. The lowest BCUT2D eigenvalue weighted by molar-refractivity contribution is -0.120. The van der Waals surface area contributed by atoms with Crippen molar-refractivity contribution >= 4 is 28.9 Å². The molecule has 1 amide bonds. The molecule has 1 aliphatic heterocycles. The Balaban J connectivity index is 1.99. The Labute approximate surface area is 130 Å². The molecule has 1 aromatic rings. The van der Waals surface area contributed by atoms with Crippen LogP contribution in [0.1, 0.15) is 20.3 Å². The number of anilines is 2. The maximum absolute atomic E-state index is 12.3. The molecule has 1 aliphatic rings. The van der Waals surface area contributed by atoms with Gasteiger partial charge in [0.1, 0.15) is 0 Å². The van der Waals surface area contributed by atoms with E-state index in [1.54, 1.807) is 25.1 Å². The van der Waals surface area contributed by atoms with E-state index in [1.807, 2.05) is 6.92 Å². The molecule has 1 heterocycles. The second-order valence-electron chi connectivity index (χ2n) is 5.68. The van der Waals surface area contributed by atoms with Crippen LogP contribution in [0.25, 0.3) is 0 Å². The number of aliphatic hydroxyl groups excluding tert-OH is 1. The zero-order chi connectivity index (χ0) is 15.6. The van der Waals surface area contributed by atoms with Crippen molar-refractivity contribution in [2.24, 2.45) is 5.92 Å². The molecule has 0 aromatic heterocycles. The number of aliphatic hydroxyl groups is 1. The summed E-state index contributed by atoms with van der Waals surface area (Å²) >= 11 is 5.92. The first-order valence-corrected chi connectivity index (χ1v) is 7.54. The van der Waals surface area contributed by atoms with Crippen LogP contribution in [0.4, 0.5) is 11.4 Å². The Kier molecular flexibility index (Phi) is 5.08. The van der Waals surface area contributed by atoms with E-state index >= 15 is 0 Å². The Hall–Kier alpha value is -1.30. The highest BCUT2D eigenvalue weighted by Crippen LogP contribution is 2.25. The summed E-state index contributed by atoms with van der Waals surface area (Å²) in [6, 6.07) is 4.72. The van der Waals surface area contributed by atoms with E-state index in [9.17, 15) is 9.90 Å². The van der Waals surface area contributed by atoms with Crippen LogP contribution in [0.2, 0.25) is 5.02 Å². The molecule has 3 atom stereocenters. The highest BCUT2D eigenvalue weighted by Gasteiger charge is 2.31. The molecule has 0 spiro atoms. The largest absolute Gasteiger partial charge is 0.397 e. The molecule has 0 saturated carbocycles. The average molecular weight is 312 g/mol. The van der Waals surface area contributed by atoms with Crippen molar-refractivity contribution in [2.45, 2.75) is 32.4 Å². The highest BCUT2D eigenvalue weighted by molar-refractivity contribution is 6.31. The van der Waals surface area contributed by atoms with Gasteiger partial charge in [-0.05, 0) is 50.9 Å². The summed E-state index contributed by atoms with van der Waals surface area (Å²) in [6.07, 6.45) is 0.572. The summed E-state index contributed by atoms with van der Waals surface area (Å²) in [5.41, 5.74) is 6.86. The quantitative estimate of drug-likeness (QED) is 0.743. The summed E-state index contributed by atoms with van der Waals surface area (Å²) in [5.74, 6) is 0.117. The van der Waals surface area contributed by atoms with Gasteiger partial charge in [-0.15, -0.1) is 0 Å². The van der Waals surface area contributed by atoms with Gasteiger partial charge in [0, 0.05) is 11.6 Å². The zero-order valence-corrected chi connectivity index (χ0v) is 13.1. The summed E-state index contributed by atoms with van der Waals surface area (Å²) in [4.78, 5) is 14.4. The molecule has 1 fully saturated rings. The lowest BCUT2D eigenvalue weighted by atomic mass is 10.0. The molecular weight excluding hydrogens is 290 g/mol. The molecule has 0 radical (unpaired) electrons. The van der Waals surface area contributed by atoms with Crippen LogP contribution >= 0.6 is 11.6 Å².